The number of piperidine rings is 1. The van der Waals surface area contributed by atoms with E-state index >= 15 is 0 Å². The molecule has 2 aromatic rings. The van der Waals surface area contributed by atoms with E-state index in [1.165, 1.54) is 0 Å². The van der Waals surface area contributed by atoms with Crippen LogP contribution in [0.2, 0.25) is 0 Å². The number of hydrogen-bond acceptors (Lipinski definition) is 4. The lowest BCUT2D eigenvalue weighted by Gasteiger charge is -2.32. The molecule has 122 valence electrons. The molecule has 5 nitrogen and oxygen atoms in total. The summed E-state index contributed by atoms with van der Waals surface area (Å²) in [5.41, 5.74) is 1.94. The molecule has 1 aliphatic rings. The number of carbonyl (C=O) groups excluding carboxylic acids is 1. The van der Waals surface area contributed by atoms with Crippen molar-refractivity contribution in [3.05, 3.63) is 24.1 Å². The normalized spacial score (nSPS) is 20.8. The van der Waals surface area contributed by atoms with Crippen molar-refractivity contribution in [2.75, 3.05) is 18.4 Å². The van der Waals surface area contributed by atoms with Gasteiger partial charge in [0.25, 0.3) is 0 Å². The summed E-state index contributed by atoms with van der Waals surface area (Å²) in [6.45, 7) is 5.54. The Hall–Kier alpha value is -1.30. The van der Waals surface area contributed by atoms with Crippen LogP contribution in [0.25, 0.3) is 11.1 Å². The Kier molecular flexibility index (Phi) is 6.23. The summed E-state index contributed by atoms with van der Waals surface area (Å²) < 4.78 is 5.43. The first-order chi connectivity index (χ1) is 9.57. The summed E-state index contributed by atoms with van der Waals surface area (Å²) in [6.07, 6.45) is 1.95. The smallest absolute Gasteiger partial charge is 0.231 e. The minimum Gasteiger partial charge on any atom is -0.441 e. The molecule has 1 aliphatic heterocycles. The van der Waals surface area contributed by atoms with E-state index < -0.39 is 0 Å². The Morgan fingerprint density at radius 1 is 1.41 bits per heavy atom. The van der Waals surface area contributed by atoms with Crippen molar-refractivity contribution in [1.82, 2.24) is 10.3 Å². The Labute approximate surface area is 142 Å². The first kappa shape index (κ1) is 18.7. The summed E-state index contributed by atoms with van der Waals surface area (Å²) in [5.74, 6) is 0.691. The van der Waals surface area contributed by atoms with Gasteiger partial charge in [-0.15, -0.1) is 24.8 Å². The van der Waals surface area contributed by atoms with E-state index in [1.54, 1.807) is 0 Å². The molecule has 1 amide bonds. The van der Waals surface area contributed by atoms with E-state index in [2.05, 4.69) is 15.6 Å². The molecule has 1 atom stereocenters. The van der Waals surface area contributed by atoms with Gasteiger partial charge in [0, 0.05) is 19.2 Å². The molecule has 7 heteroatoms. The van der Waals surface area contributed by atoms with E-state index in [9.17, 15) is 4.79 Å². The average Bonchev–Trinajstić information content (AvgIpc) is 2.79. The molecule has 22 heavy (non-hydrogen) atoms. The van der Waals surface area contributed by atoms with Crippen molar-refractivity contribution in [2.45, 2.75) is 26.7 Å². The quantitative estimate of drug-likeness (QED) is 0.876. The third kappa shape index (κ3) is 3.72. The van der Waals surface area contributed by atoms with Gasteiger partial charge in [-0.05, 0) is 44.5 Å². The summed E-state index contributed by atoms with van der Waals surface area (Å²) in [4.78, 5) is 16.7. The number of fused-ring (bicyclic) bond motifs is 1. The highest BCUT2D eigenvalue weighted by Gasteiger charge is 2.34. The predicted molar refractivity (Wildman–Crippen MR) is 92.1 cm³/mol. The Bertz CT molecular complexity index is 651. The fourth-order valence-electron chi connectivity index (χ4n) is 2.65. The topological polar surface area (TPSA) is 67.2 Å². The average molecular weight is 346 g/mol. The van der Waals surface area contributed by atoms with Crippen LogP contribution in [0.15, 0.2) is 22.6 Å². The molecular formula is C15H21Cl2N3O2. The first-order valence-corrected chi connectivity index (χ1v) is 6.96. The van der Waals surface area contributed by atoms with Crippen LogP contribution >= 0.6 is 24.8 Å². The fourth-order valence-corrected chi connectivity index (χ4v) is 2.65. The zero-order valence-electron chi connectivity index (χ0n) is 12.6. The number of amides is 1. The number of halogens is 2. The van der Waals surface area contributed by atoms with Gasteiger partial charge in [-0.2, -0.15) is 0 Å². The molecule has 0 saturated carbocycles. The Balaban J connectivity index is 0.00000121. The largest absolute Gasteiger partial charge is 0.441 e. The monoisotopic (exact) mass is 345 g/mol. The van der Waals surface area contributed by atoms with E-state index in [1.807, 2.05) is 32.0 Å². The summed E-state index contributed by atoms with van der Waals surface area (Å²) in [7, 11) is 0. The van der Waals surface area contributed by atoms with Gasteiger partial charge in [0.15, 0.2) is 11.5 Å². The number of benzene rings is 1. The summed E-state index contributed by atoms with van der Waals surface area (Å²) in [6, 6.07) is 5.54. The number of rotatable bonds is 2. The maximum atomic E-state index is 12.4. The van der Waals surface area contributed by atoms with Crippen molar-refractivity contribution in [3.8, 4) is 0 Å². The number of carbonyl (C=O) groups is 1. The first-order valence-electron chi connectivity index (χ1n) is 6.96. The van der Waals surface area contributed by atoms with Crippen molar-refractivity contribution in [2.24, 2.45) is 5.41 Å². The van der Waals surface area contributed by atoms with E-state index in [0.29, 0.717) is 5.89 Å². The van der Waals surface area contributed by atoms with Gasteiger partial charge in [0.2, 0.25) is 5.91 Å². The van der Waals surface area contributed by atoms with Crippen LogP contribution in [-0.4, -0.2) is 24.0 Å². The van der Waals surface area contributed by atoms with E-state index in [-0.39, 0.29) is 36.1 Å². The van der Waals surface area contributed by atoms with E-state index in [4.69, 9.17) is 4.42 Å². The molecule has 0 spiro atoms. The maximum absolute atomic E-state index is 12.4. The third-order valence-electron chi connectivity index (χ3n) is 3.90. The zero-order chi connectivity index (χ0) is 14.2. The van der Waals surface area contributed by atoms with Crippen LogP contribution in [0.5, 0.6) is 0 Å². The molecule has 1 unspecified atom stereocenters. The highest BCUT2D eigenvalue weighted by Crippen LogP contribution is 2.28. The van der Waals surface area contributed by atoms with Crippen LogP contribution in [0.4, 0.5) is 5.69 Å². The number of hydrogen-bond donors (Lipinski definition) is 2. The molecule has 2 N–H and O–H groups in total. The number of nitrogens with one attached hydrogen (secondary N) is 2. The highest BCUT2D eigenvalue weighted by atomic mass is 35.5. The minimum absolute atomic E-state index is 0. The van der Waals surface area contributed by atoms with Gasteiger partial charge in [-0.3, -0.25) is 4.79 Å². The lowest BCUT2D eigenvalue weighted by Crippen LogP contribution is -2.46. The molecule has 1 aromatic heterocycles. The standard InChI is InChI=1S/C15H19N3O2.2ClH/c1-10-17-12-8-11(4-5-13(12)20-10)18-14(19)15(2)6-3-7-16-9-15;;/h4-5,8,16H,3,6-7,9H2,1-2H3,(H,18,19);2*1H. The predicted octanol–water partition coefficient (Wildman–Crippen LogP) is 3.31. The second-order valence-corrected chi connectivity index (χ2v) is 5.71. The van der Waals surface area contributed by atoms with Gasteiger partial charge >= 0.3 is 0 Å². The van der Waals surface area contributed by atoms with Gasteiger partial charge in [0.05, 0.1) is 5.41 Å². The van der Waals surface area contributed by atoms with Crippen LogP contribution in [0.3, 0.4) is 0 Å². The van der Waals surface area contributed by atoms with Crippen LogP contribution in [0.1, 0.15) is 25.7 Å². The molecule has 1 aromatic carbocycles. The van der Waals surface area contributed by atoms with Crippen molar-refractivity contribution < 1.29 is 9.21 Å². The molecule has 0 aliphatic carbocycles. The van der Waals surface area contributed by atoms with Gasteiger partial charge in [0.1, 0.15) is 5.52 Å². The molecule has 1 fully saturated rings. The third-order valence-corrected chi connectivity index (χ3v) is 3.90. The minimum atomic E-state index is -0.340. The highest BCUT2D eigenvalue weighted by molar-refractivity contribution is 5.96. The number of aryl methyl sites for hydroxylation is 1. The van der Waals surface area contributed by atoms with Crippen LogP contribution in [0, 0.1) is 12.3 Å². The zero-order valence-corrected chi connectivity index (χ0v) is 14.3. The van der Waals surface area contributed by atoms with Crippen molar-refractivity contribution >= 4 is 47.5 Å². The summed E-state index contributed by atoms with van der Waals surface area (Å²) in [5, 5.41) is 6.28. The number of oxazole rings is 1. The van der Waals surface area contributed by atoms with E-state index in [0.717, 1.165) is 42.7 Å². The van der Waals surface area contributed by atoms with Gasteiger partial charge < -0.3 is 15.1 Å². The SMILES string of the molecule is Cc1nc2cc(NC(=O)C3(C)CCCNC3)ccc2o1.Cl.Cl. The molecule has 3 rings (SSSR count). The van der Waals surface area contributed by atoms with Crippen molar-refractivity contribution in [3.63, 3.8) is 0 Å². The number of aromatic nitrogens is 1. The number of anilines is 1. The Morgan fingerprint density at radius 2 is 2.18 bits per heavy atom. The molecular weight excluding hydrogens is 325 g/mol. The molecule has 1 saturated heterocycles. The fraction of sp³-hybridized carbons (Fsp3) is 0.467. The second-order valence-electron chi connectivity index (χ2n) is 5.71. The molecule has 2 heterocycles. The number of nitrogens with zero attached hydrogens (tertiary/aromatic N) is 1. The molecule has 0 bridgehead atoms. The van der Waals surface area contributed by atoms with Crippen LogP contribution < -0.4 is 10.6 Å². The summed E-state index contributed by atoms with van der Waals surface area (Å²) >= 11 is 0. The lowest BCUT2D eigenvalue weighted by molar-refractivity contribution is -0.125. The van der Waals surface area contributed by atoms with Gasteiger partial charge in [-0.25, -0.2) is 4.98 Å². The Morgan fingerprint density at radius 3 is 2.86 bits per heavy atom. The maximum Gasteiger partial charge on any atom is 0.231 e. The van der Waals surface area contributed by atoms with Crippen molar-refractivity contribution in [1.29, 1.82) is 0 Å². The molecule has 0 radical (unpaired) electrons. The van der Waals surface area contributed by atoms with Crippen LogP contribution in [-0.2, 0) is 4.79 Å². The van der Waals surface area contributed by atoms with Gasteiger partial charge in [-0.1, -0.05) is 0 Å². The second kappa shape index (κ2) is 7.31. The lowest BCUT2D eigenvalue weighted by atomic mass is 9.82.